The van der Waals surface area contributed by atoms with Gasteiger partial charge in [0.15, 0.2) is 0 Å². The number of nitrogens with one attached hydrogen (secondary N) is 1. The summed E-state index contributed by atoms with van der Waals surface area (Å²) in [6, 6.07) is 7.77. The minimum Gasteiger partial charge on any atom is -0.349 e. The van der Waals surface area contributed by atoms with Crippen LogP contribution in [0.25, 0.3) is 0 Å². The molecule has 0 aliphatic carbocycles. The molecular weight excluding hydrogens is 252 g/mol. The van der Waals surface area contributed by atoms with Gasteiger partial charge in [-0.25, -0.2) is 0 Å². The van der Waals surface area contributed by atoms with Gasteiger partial charge in [0, 0.05) is 31.1 Å². The quantitative estimate of drug-likeness (QED) is 0.918. The van der Waals surface area contributed by atoms with Crippen LogP contribution in [0.3, 0.4) is 0 Å². The van der Waals surface area contributed by atoms with Crippen LogP contribution in [-0.2, 0) is 4.79 Å². The maximum atomic E-state index is 12.2. The lowest BCUT2D eigenvalue weighted by Crippen LogP contribution is -2.46. The third-order valence-corrected chi connectivity index (χ3v) is 3.88. The molecule has 4 nitrogen and oxygen atoms in total. The van der Waals surface area contributed by atoms with E-state index in [2.05, 4.69) is 5.32 Å². The van der Waals surface area contributed by atoms with Crippen molar-refractivity contribution < 1.29 is 9.59 Å². The van der Waals surface area contributed by atoms with Gasteiger partial charge in [-0.05, 0) is 31.4 Å². The first-order valence-electron chi connectivity index (χ1n) is 7.26. The summed E-state index contributed by atoms with van der Waals surface area (Å²) < 4.78 is 0. The Morgan fingerprint density at radius 3 is 2.50 bits per heavy atom. The van der Waals surface area contributed by atoms with E-state index in [1.807, 2.05) is 43.0 Å². The normalized spacial score (nSPS) is 16.0. The van der Waals surface area contributed by atoms with Gasteiger partial charge in [-0.1, -0.05) is 25.1 Å². The Balaban J connectivity index is 1.88. The number of benzene rings is 1. The summed E-state index contributed by atoms with van der Waals surface area (Å²) in [7, 11) is 0. The highest BCUT2D eigenvalue weighted by atomic mass is 16.2. The van der Waals surface area contributed by atoms with E-state index in [-0.39, 0.29) is 17.9 Å². The molecule has 1 aliphatic rings. The first kappa shape index (κ1) is 14.6. The summed E-state index contributed by atoms with van der Waals surface area (Å²) in [5.74, 6) is 0.192. The molecule has 0 saturated carbocycles. The minimum atomic E-state index is -0.0108. The maximum Gasteiger partial charge on any atom is 0.251 e. The van der Waals surface area contributed by atoms with Crippen molar-refractivity contribution in [2.24, 2.45) is 0 Å². The number of piperidine rings is 1. The van der Waals surface area contributed by atoms with E-state index in [9.17, 15) is 9.59 Å². The summed E-state index contributed by atoms with van der Waals surface area (Å²) in [6.07, 6.45) is 2.23. The maximum absolute atomic E-state index is 12.2. The smallest absolute Gasteiger partial charge is 0.251 e. The first-order valence-corrected chi connectivity index (χ1v) is 7.26. The number of hydrogen-bond acceptors (Lipinski definition) is 2. The molecule has 1 saturated heterocycles. The molecule has 1 fully saturated rings. The second-order valence-electron chi connectivity index (χ2n) is 5.30. The summed E-state index contributed by atoms with van der Waals surface area (Å²) in [5, 5.41) is 3.08. The third-order valence-electron chi connectivity index (χ3n) is 3.88. The summed E-state index contributed by atoms with van der Waals surface area (Å²) in [5.41, 5.74) is 1.73. The lowest BCUT2D eigenvalue weighted by atomic mass is 10.0. The Morgan fingerprint density at radius 1 is 1.25 bits per heavy atom. The fourth-order valence-electron chi connectivity index (χ4n) is 2.59. The van der Waals surface area contributed by atoms with Crippen LogP contribution in [0.15, 0.2) is 24.3 Å². The van der Waals surface area contributed by atoms with Gasteiger partial charge in [-0.15, -0.1) is 0 Å². The number of carbonyl (C=O) groups is 2. The SMILES string of the molecule is CCC(=O)N1CCC(NC(=O)c2ccccc2C)CC1. The molecule has 2 rings (SSSR count). The Labute approximate surface area is 120 Å². The number of likely N-dealkylation sites (tertiary alicyclic amines) is 1. The highest BCUT2D eigenvalue weighted by Gasteiger charge is 2.23. The third kappa shape index (κ3) is 3.38. The molecule has 108 valence electrons. The highest BCUT2D eigenvalue weighted by Crippen LogP contribution is 2.13. The summed E-state index contributed by atoms with van der Waals surface area (Å²) >= 11 is 0. The largest absolute Gasteiger partial charge is 0.349 e. The van der Waals surface area contributed by atoms with Crippen LogP contribution in [0.5, 0.6) is 0 Å². The molecule has 0 unspecified atom stereocenters. The number of aryl methyl sites for hydroxylation is 1. The molecule has 1 aromatic carbocycles. The van der Waals surface area contributed by atoms with Crippen molar-refractivity contribution in [1.82, 2.24) is 10.2 Å². The van der Waals surface area contributed by atoms with Gasteiger partial charge in [0.1, 0.15) is 0 Å². The van der Waals surface area contributed by atoms with E-state index in [1.54, 1.807) is 0 Å². The lowest BCUT2D eigenvalue weighted by molar-refractivity contribution is -0.131. The number of rotatable bonds is 3. The number of nitrogens with zero attached hydrogens (tertiary/aromatic N) is 1. The van der Waals surface area contributed by atoms with Gasteiger partial charge in [-0.2, -0.15) is 0 Å². The van der Waals surface area contributed by atoms with Crippen molar-refractivity contribution in [3.05, 3.63) is 35.4 Å². The topological polar surface area (TPSA) is 49.4 Å². The fourth-order valence-corrected chi connectivity index (χ4v) is 2.59. The molecule has 0 bridgehead atoms. The Kier molecular flexibility index (Phi) is 4.77. The van der Waals surface area contributed by atoms with Crippen molar-refractivity contribution in [2.75, 3.05) is 13.1 Å². The van der Waals surface area contributed by atoms with Gasteiger partial charge in [-0.3, -0.25) is 9.59 Å². The van der Waals surface area contributed by atoms with Crippen LogP contribution in [-0.4, -0.2) is 35.8 Å². The van der Waals surface area contributed by atoms with Crippen LogP contribution in [0.4, 0.5) is 0 Å². The van der Waals surface area contributed by atoms with Gasteiger partial charge in [0.2, 0.25) is 5.91 Å². The zero-order chi connectivity index (χ0) is 14.5. The number of hydrogen-bond donors (Lipinski definition) is 1. The van der Waals surface area contributed by atoms with E-state index in [0.717, 1.165) is 37.1 Å². The van der Waals surface area contributed by atoms with E-state index in [1.165, 1.54) is 0 Å². The second-order valence-corrected chi connectivity index (χ2v) is 5.30. The van der Waals surface area contributed by atoms with E-state index in [4.69, 9.17) is 0 Å². The molecule has 0 spiro atoms. The Hall–Kier alpha value is -1.84. The van der Waals surface area contributed by atoms with Crippen molar-refractivity contribution >= 4 is 11.8 Å². The van der Waals surface area contributed by atoms with E-state index in [0.29, 0.717) is 6.42 Å². The molecule has 1 aromatic rings. The van der Waals surface area contributed by atoms with Crippen LogP contribution in [0.1, 0.15) is 42.1 Å². The summed E-state index contributed by atoms with van der Waals surface area (Å²) in [6.45, 7) is 5.31. The molecule has 1 heterocycles. The first-order chi connectivity index (χ1) is 9.61. The molecule has 2 amide bonds. The number of carbonyl (C=O) groups excluding carboxylic acids is 2. The van der Waals surface area contributed by atoms with Crippen molar-refractivity contribution in [3.63, 3.8) is 0 Å². The Morgan fingerprint density at radius 2 is 1.90 bits per heavy atom. The van der Waals surface area contributed by atoms with E-state index < -0.39 is 0 Å². The Bertz CT molecular complexity index is 491. The lowest BCUT2D eigenvalue weighted by Gasteiger charge is -2.32. The molecular formula is C16H22N2O2. The van der Waals surface area contributed by atoms with Gasteiger partial charge in [0.25, 0.3) is 5.91 Å². The average Bonchev–Trinajstić information content (AvgIpc) is 2.47. The molecule has 4 heteroatoms. The van der Waals surface area contributed by atoms with Gasteiger partial charge in [0.05, 0.1) is 0 Å². The van der Waals surface area contributed by atoms with Crippen molar-refractivity contribution in [2.45, 2.75) is 39.2 Å². The van der Waals surface area contributed by atoms with Crippen molar-refractivity contribution in [3.8, 4) is 0 Å². The predicted molar refractivity (Wildman–Crippen MR) is 78.5 cm³/mol. The van der Waals surface area contributed by atoms with Gasteiger partial charge < -0.3 is 10.2 Å². The zero-order valence-electron chi connectivity index (χ0n) is 12.2. The van der Waals surface area contributed by atoms with Crippen LogP contribution >= 0.6 is 0 Å². The van der Waals surface area contributed by atoms with Gasteiger partial charge >= 0.3 is 0 Å². The molecule has 0 aromatic heterocycles. The predicted octanol–water partition coefficient (Wildman–Crippen LogP) is 2.13. The standard InChI is InChI=1S/C16H22N2O2/c1-3-15(19)18-10-8-13(9-11-18)17-16(20)14-7-5-4-6-12(14)2/h4-7,13H,3,8-11H2,1-2H3,(H,17,20). The van der Waals surface area contributed by atoms with E-state index >= 15 is 0 Å². The molecule has 0 radical (unpaired) electrons. The molecule has 20 heavy (non-hydrogen) atoms. The van der Waals surface area contributed by atoms with Crippen LogP contribution in [0, 0.1) is 6.92 Å². The summed E-state index contributed by atoms with van der Waals surface area (Å²) in [4.78, 5) is 25.7. The fraction of sp³-hybridized carbons (Fsp3) is 0.500. The molecule has 1 aliphatic heterocycles. The van der Waals surface area contributed by atoms with Crippen molar-refractivity contribution in [1.29, 1.82) is 0 Å². The van der Waals surface area contributed by atoms with Crippen LogP contribution in [0.2, 0.25) is 0 Å². The molecule has 1 N–H and O–H groups in total. The monoisotopic (exact) mass is 274 g/mol. The zero-order valence-corrected chi connectivity index (χ0v) is 12.2. The average molecular weight is 274 g/mol. The minimum absolute atomic E-state index is 0.0108. The second kappa shape index (κ2) is 6.55. The number of amides is 2. The molecule has 0 atom stereocenters. The highest BCUT2D eigenvalue weighted by molar-refractivity contribution is 5.95. The van der Waals surface area contributed by atoms with Crippen LogP contribution < -0.4 is 5.32 Å².